The van der Waals surface area contributed by atoms with Crippen molar-refractivity contribution in [1.82, 2.24) is 5.32 Å². The maximum absolute atomic E-state index is 10.2. The molecular formula is C7H15NO3S. The molecule has 0 unspecified atom stereocenters. The Bertz CT molecular complexity index is 150. The minimum Gasteiger partial charge on any atom is -0.450 e. The minimum atomic E-state index is -1.22. The molecule has 12 heavy (non-hydrogen) atoms. The maximum Gasteiger partial charge on any atom is 0.506 e. The number of carboxylic acid groups (broad SMARTS) is 1. The molecule has 0 rings (SSSR count). The van der Waals surface area contributed by atoms with Crippen molar-refractivity contribution in [3.8, 4) is 0 Å². The molecule has 72 valence electrons. The molecule has 0 heterocycles. The van der Waals surface area contributed by atoms with Crippen LogP contribution in [0.3, 0.4) is 0 Å². The highest BCUT2D eigenvalue weighted by Crippen LogP contribution is 2.16. The molecule has 0 atom stereocenters. The summed E-state index contributed by atoms with van der Waals surface area (Å²) in [5, 5.41) is 11.3. The van der Waals surface area contributed by atoms with Crippen molar-refractivity contribution < 1.29 is 14.6 Å². The monoisotopic (exact) mass is 193 g/mol. The number of rotatable bonds is 5. The van der Waals surface area contributed by atoms with E-state index in [-0.39, 0.29) is 0 Å². The summed E-state index contributed by atoms with van der Waals surface area (Å²) in [6, 6.07) is 0. The van der Waals surface area contributed by atoms with Crippen molar-refractivity contribution in [2.45, 2.75) is 19.4 Å². The molecule has 0 bridgehead atoms. The number of hydrogen-bond donors (Lipinski definition) is 2. The second-order valence-corrected chi connectivity index (χ2v) is 3.96. The summed E-state index contributed by atoms with van der Waals surface area (Å²) < 4.78 is 4.65. The van der Waals surface area contributed by atoms with Crippen LogP contribution >= 0.6 is 11.8 Å². The third-order valence-corrected chi connectivity index (χ3v) is 2.45. The molecule has 0 aromatic rings. The predicted octanol–water partition coefficient (Wildman–Crippen LogP) is 1.37. The Hall–Kier alpha value is -0.420. The van der Waals surface area contributed by atoms with Gasteiger partial charge in [-0.1, -0.05) is 0 Å². The molecule has 0 aromatic carbocycles. The Balaban J connectivity index is 3.63. The lowest BCUT2D eigenvalue weighted by molar-refractivity contribution is 0.0177. The number of hydrogen-bond acceptors (Lipinski definition) is 4. The van der Waals surface area contributed by atoms with E-state index >= 15 is 0 Å². The van der Waals surface area contributed by atoms with Gasteiger partial charge >= 0.3 is 6.16 Å². The van der Waals surface area contributed by atoms with Gasteiger partial charge in [-0.05, 0) is 20.9 Å². The maximum atomic E-state index is 10.2. The molecule has 5 heteroatoms. The highest BCUT2D eigenvalue weighted by Gasteiger charge is 2.21. The highest BCUT2D eigenvalue weighted by molar-refractivity contribution is 7.99. The van der Waals surface area contributed by atoms with Crippen LogP contribution in [0.25, 0.3) is 0 Å². The van der Waals surface area contributed by atoms with Crippen LogP contribution in [0.4, 0.5) is 4.79 Å². The number of thioether (sulfide) groups is 1. The Labute approximate surface area is 76.7 Å². The zero-order valence-corrected chi connectivity index (χ0v) is 8.40. The second-order valence-electron chi connectivity index (χ2n) is 2.97. The SMILES string of the molecule is CNCSCC(C)(C)OC(=O)O. The standard InChI is InChI=1S/C7H15NO3S/c1-7(2,11-6(9)10)4-12-5-8-3/h8H,4-5H2,1-3H3,(H,9,10). The fourth-order valence-electron chi connectivity index (χ4n) is 0.665. The smallest absolute Gasteiger partial charge is 0.450 e. The fraction of sp³-hybridized carbons (Fsp3) is 0.857. The summed E-state index contributed by atoms with van der Waals surface area (Å²) in [6.07, 6.45) is -1.22. The zero-order valence-electron chi connectivity index (χ0n) is 7.59. The van der Waals surface area contributed by atoms with Gasteiger partial charge in [0.25, 0.3) is 0 Å². The van der Waals surface area contributed by atoms with Gasteiger partial charge in [-0.15, -0.1) is 11.8 Å². The summed E-state index contributed by atoms with van der Waals surface area (Å²) in [5.74, 6) is 1.45. The van der Waals surface area contributed by atoms with Crippen molar-refractivity contribution in [1.29, 1.82) is 0 Å². The van der Waals surface area contributed by atoms with Crippen LogP contribution in [0.15, 0.2) is 0 Å². The predicted molar refractivity (Wildman–Crippen MR) is 49.6 cm³/mol. The van der Waals surface area contributed by atoms with Gasteiger partial charge in [-0.25, -0.2) is 4.79 Å². The molecule has 2 N–H and O–H groups in total. The lowest BCUT2D eigenvalue weighted by Gasteiger charge is -2.22. The van der Waals surface area contributed by atoms with Crippen LogP contribution in [0, 0.1) is 0 Å². The van der Waals surface area contributed by atoms with Gasteiger partial charge in [0.15, 0.2) is 0 Å². The number of carbonyl (C=O) groups is 1. The molecule has 0 saturated heterocycles. The van der Waals surface area contributed by atoms with Gasteiger partial charge in [0.1, 0.15) is 5.60 Å². The third kappa shape index (κ3) is 6.30. The molecule has 0 aliphatic heterocycles. The molecule has 0 radical (unpaired) electrons. The van der Waals surface area contributed by atoms with E-state index in [1.54, 1.807) is 25.6 Å². The summed E-state index contributed by atoms with van der Waals surface area (Å²) in [4.78, 5) is 10.2. The van der Waals surface area contributed by atoms with Crippen molar-refractivity contribution in [3.63, 3.8) is 0 Å². The third-order valence-electron chi connectivity index (χ3n) is 1.06. The van der Waals surface area contributed by atoms with Crippen LogP contribution in [0.1, 0.15) is 13.8 Å². The van der Waals surface area contributed by atoms with Crippen molar-refractivity contribution in [2.24, 2.45) is 0 Å². The van der Waals surface area contributed by atoms with E-state index in [9.17, 15) is 4.79 Å². The lowest BCUT2D eigenvalue weighted by atomic mass is 10.2. The van der Waals surface area contributed by atoms with Crippen LogP contribution in [0.5, 0.6) is 0 Å². The first-order chi connectivity index (χ1) is 5.48. The Kier molecular flexibility index (Phi) is 5.08. The normalized spacial score (nSPS) is 11.2. The molecule has 0 aliphatic rings. The first-order valence-electron chi connectivity index (χ1n) is 3.62. The van der Waals surface area contributed by atoms with E-state index in [1.807, 2.05) is 7.05 Å². The van der Waals surface area contributed by atoms with Crippen LogP contribution in [0.2, 0.25) is 0 Å². The highest BCUT2D eigenvalue weighted by atomic mass is 32.2. The average molecular weight is 193 g/mol. The van der Waals surface area contributed by atoms with Gasteiger partial charge in [0, 0.05) is 11.6 Å². The summed E-state index contributed by atoms with van der Waals surface area (Å²) >= 11 is 1.60. The quantitative estimate of drug-likeness (QED) is 0.392. The molecular weight excluding hydrogens is 178 g/mol. The van der Waals surface area contributed by atoms with E-state index in [2.05, 4.69) is 10.1 Å². The Morgan fingerprint density at radius 2 is 2.25 bits per heavy atom. The van der Waals surface area contributed by atoms with E-state index in [0.717, 1.165) is 5.88 Å². The first kappa shape index (κ1) is 11.6. The topological polar surface area (TPSA) is 58.6 Å². The van der Waals surface area contributed by atoms with E-state index in [1.165, 1.54) is 0 Å². The zero-order chi connectivity index (χ0) is 9.61. The molecule has 0 spiro atoms. The Morgan fingerprint density at radius 3 is 2.67 bits per heavy atom. The van der Waals surface area contributed by atoms with Crippen LogP contribution in [-0.4, -0.2) is 35.5 Å². The lowest BCUT2D eigenvalue weighted by Crippen LogP contribution is -2.30. The molecule has 4 nitrogen and oxygen atoms in total. The van der Waals surface area contributed by atoms with E-state index in [4.69, 9.17) is 5.11 Å². The summed E-state index contributed by atoms with van der Waals surface area (Å²) in [5.41, 5.74) is -0.604. The Morgan fingerprint density at radius 1 is 1.67 bits per heavy atom. The van der Waals surface area contributed by atoms with Gasteiger partial charge < -0.3 is 15.2 Å². The van der Waals surface area contributed by atoms with Gasteiger partial charge in [-0.2, -0.15) is 0 Å². The van der Waals surface area contributed by atoms with Crippen molar-refractivity contribution in [2.75, 3.05) is 18.7 Å². The van der Waals surface area contributed by atoms with E-state index < -0.39 is 11.8 Å². The van der Waals surface area contributed by atoms with E-state index in [0.29, 0.717) is 5.75 Å². The molecule has 0 aromatic heterocycles. The van der Waals surface area contributed by atoms with Crippen LogP contribution in [-0.2, 0) is 4.74 Å². The summed E-state index contributed by atoms with van der Waals surface area (Å²) in [6.45, 7) is 3.51. The summed E-state index contributed by atoms with van der Waals surface area (Å²) in [7, 11) is 1.85. The van der Waals surface area contributed by atoms with Crippen LogP contribution < -0.4 is 5.32 Å². The average Bonchev–Trinajstić information content (AvgIpc) is 1.84. The molecule has 0 saturated carbocycles. The molecule has 0 aliphatic carbocycles. The van der Waals surface area contributed by atoms with Crippen molar-refractivity contribution in [3.05, 3.63) is 0 Å². The van der Waals surface area contributed by atoms with Gasteiger partial charge in [-0.3, -0.25) is 0 Å². The van der Waals surface area contributed by atoms with Crippen molar-refractivity contribution >= 4 is 17.9 Å². The number of nitrogens with one attached hydrogen (secondary N) is 1. The molecule has 0 fully saturated rings. The van der Waals surface area contributed by atoms with Gasteiger partial charge in [0.2, 0.25) is 0 Å². The second kappa shape index (κ2) is 5.27. The molecule has 0 amide bonds. The largest absolute Gasteiger partial charge is 0.506 e. The minimum absolute atomic E-state index is 0.604. The fourth-order valence-corrected chi connectivity index (χ4v) is 1.52. The number of ether oxygens (including phenoxy) is 1. The first-order valence-corrected chi connectivity index (χ1v) is 4.78. The van der Waals surface area contributed by atoms with Gasteiger partial charge in [0.05, 0.1) is 0 Å².